The predicted molar refractivity (Wildman–Crippen MR) is 111 cm³/mol. The quantitative estimate of drug-likeness (QED) is 0.525. The molecule has 0 aliphatic carbocycles. The second-order valence-corrected chi connectivity index (χ2v) is 8.19. The van der Waals surface area contributed by atoms with Crippen LogP contribution in [-0.4, -0.2) is 12.5 Å². The van der Waals surface area contributed by atoms with Gasteiger partial charge >= 0.3 is 0 Å². The standard InChI is InChI=1S/C19H21BrINO2/c1-11(2)15-9-16(20)12(3)8-18(15)24-10-19(23)22-17-6-5-14(21)7-13(17)4/h5-9,11H,10H2,1-4H3,(H,22,23). The third-order valence-electron chi connectivity index (χ3n) is 3.73. The van der Waals surface area contributed by atoms with E-state index < -0.39 is 0 Å². The summed E-state index contributed by atoms with van der Waals surface area (Å²) in [6, 6.07) is 9.96. The minimum Gasteiger partial charge on any atom is -0.483 e. The van der Waals surface area contributed by atoms with Crippen LogP contribution in [0.5, 0.6) is 5.75 Å². The third-order valence-corrected chi connectivity index (χ3v) is 5.26. The van der Waals surface area contributed by atoms with Gasteiger partial charge in [-0.25, -0.2) is 0 Å². The minimum absolute atomic E-state index is 0.00772. The zero-order valence-electron chi connectivity index (χ0n) is 14.2. The fraction of sp³-hybridized carbons (Fsp3) is 0.316. The molecule has 0 aromatic heterocycles. The normalized spacial score (nSPS) is 10.8. The molecule has 0 fully saturated rings. The van der Waals surface area contributed by atoms with Gasteiger partial charge in [0, 0.05) is 13.7 Å². The van der Waals surface area contributed by atoms with Gasteiger partial charge in [0.15, 0.2) is 6.61 Å². The highest BCUT2D eigenvalue weighted by molar-refractivity contribution is 14.1. The molecular formula is C19H21BrINO2. The molecule has 2 aromatic carbocycles. The average molecular weight is 502 g/mol. The number of hydrogen-bond acceptors (Lipinski definition) is 2. The second kappa shape index (κ2) is 8.34. The van der Waals surface area contributed by atoms with E-state index in [9.17, 15) is 4.79 Å². The zero-order valence-corrected chi connectivity index (χ0v) is 18.0. The first kappa shape index (κ1) is 19.2. The Labute approximate surface area is 165 Å². The Balaban J connectivity index is 2.07. The summed E-state index contributed by atoms with van der Waals surface area (Å²) in [7, 11) is 0. The molecule has 1 N–H and O–H groups in total. The lowest BCUT2D eigenvalue weighted by Crippen LogP contribution is -2.21. The van der Waals surface area contributed by atoms with E-state index in [0.717, 1.165) is 36.2 Å². The minimum atomic E-state index is -0.158. The summed E-state index contributed by atoms with van der Waals surface area (Å²) in [6.45, 7) is 8.20. The van der Waals surface area contributed by atoms with Gasteiger partial charge in [-0.15, -0.1) is 0 Å². The number of amides is 1. The van der Waals surface area contributed by atoms with E-state index in [-0.39, 0.29) is 12.5 Å². The molecule has 0 saturated carbocycles. The summed E-state index contributed by atoms with van der Waals surface area (Å²) in [5, 5.41) is 2.91. The summed E-state index contributed by atoms with van der Waals surface area (Å²) in [4.78, 5) is 12.2. The van der Waals surface area contributed by atoms with Crippen molar-refractivity contribution in [3.63, 3.8) is 0 Å². The fourth-order valence-electron chi connectivity index (χ4n) is 2.34. The van der Waals surface area contributed by atoms with Gasteiger partial charge in [-0.2, -0.15) is 0 Å². The fourth-order valence-corrected chi connectivity index (χ4v) is 3.35. The van der Waals surface area contributed by atoms with Crippen molar-refractivity contribution in [3.05, 3.63) is 55.1 Å². The van der Waals surface area contributed by atoms with E-state index in [2.05, 4.69) is 63.8 Å². The molecular weight excluding hydrogens is 481 g/mol. The van der Waals surface area contributed by atoms with Crippen LogP contribution in [-0.2, 0) is 4.79 Å². The molecule has 0 aliphatic rings. The van der Waals surface area contributed by atoms with E-state index in [1.165, 1.54) is 0 Å². The zero-order chi connectivity index (χ0) is 17.9. The Hall–Kier alpha value is -1.08. The van der Waals surface area contributed by atoms with Crippen LogP contribution >= 0.6 is 38.5 Å². The van der Waals surface area contributed by atoms with Gasteiger partial charge in [0.25, 0.3) is 5.91 Å². The largest absolute Gasteiger partial charge is 0.483 e. The van der Waals surface area contributed by atoms with E-state index >= 15 is 0 Å². The van der Waals surface area contributed by atoms with Crippen LogP contribution in [0.25, 0.3) is 0 Å². The van der Waals surface area contributed by atoms with Crippen molar-refractivity contribution in [2.75, 3.05) is 11.9 Å². The molecule has 2 rings (SSSR count). The Morgan fingerprint density at radius 2 is 1.92 bits per heavy atom. The SMILES string of the molecule is Cc1cc(OCC(=O)Nc2ccc(I)cc2C)c(C(C)C)cc1Br. The number of carbonyl (C=O) groups excluding carboxylic acids is 1. The van der Waals surface area contributed by atoms with Crippen molar-refractivity contribution < 1.29 is 9.53 Å². The average Bonchev–Trinajstić information content (AvgIpc) is 2.50. The van der Waals surface area contributed by atoms with Crippen LogP contribution in [0.2, 0.25) is 0 Å². The molecule has 128 valence electrons. The molecule has 24 heavy (non-hydrogen) atoms. The van der Waals surface area contributed by atoms with Crippen molar-refractivity contribution >= 4 is 50.1 Å². The van der Waals surface area contributed by atoms with Gasteiger partial charge in [0.05, 0.1) is 0 Å². The molecule has 0 unspecified atom stereocenters. The van der Waals surface area contributed by atoms with Gasteiger partial charge in [-0.3, -0.25) is 4.79 Å². The first-order valence-electron chi connectivity index (χ1n) is 7.76. The molecule has 5 heteroatoms. The van der Waals surface area contributed by atoms with E-state index in [1.54, 1.807) is 0 Å². The third kappa shape index (κ3) is 4.96. The summed E-state index contributed by atoms with van der Waals surface area (Å²) < 4.78 is 8.00. The lowest BCUT2D eigenvalue weighted by molar-refractivity contribution is -0.118. The van der Waals surface area contributed by atoms with Gasteiger partial charge in [0.2, 0.25) is 0 Å². The number of aryl methyl sites for hydroxylation is 2. The highest BCUT2D eigenvalue weighted by atomic mass is 127. The molecule has 0 saturated heterocycles. The Morgan fingerprint density at radius 1 is 1.21 bits per heavy atom. The molecule has 0 aliphatic heterocycles. The molecule has 2 aromatic rings. The maximum absolute atomic E-state index is 12.2. The van der Waals surface area contributed by atoms with E-state index in [0.29, 0.717) is 5.92 Å². The summed E-state index contributed by atoms with van der Waals surface area (Å²) in [6.07, 6.45) is 0. The molecule has 0 radical (unpaired) electrons. The summed E-state index contributed by atoms with van der Waals surface area (Å²) in [5.41, 5.74) is 4.03. The molecule has 0 heterocycles. The van der Waals surface area contributed by atoms with Crippen LogP contribution in [0.4, 0.5) is 5.69 Å². The van der Waals surface area contributed by atoms with Gasteiger partial charge in [-0.1, -0.05) is 29.8 Å². The predicted octanol–water partition coefficient (Wildman–Crippen LogP) is 5.81. The number of ether oxygens (including phenoxy) is 1. The van der Waals surface area contributed by atoms with Gasteiger partial charge in [0.1, 0.15) is 5.75 Å². The summed E-state index contributed by atoms with van der Waals surface area (Å²) in [5.74, 6) is 0.924. The number of rotatable bonds is 5. The smallest absolute Gasteiger partial charge is 0.262 e. The van der Waals surface area contributed by atoms with E-state index in [4.69, 9.17) is 4.74 Å². The van der Waals surface area contributed by atoms with Gasteiger partial charge < -0.3 is 10.1 Å². The number of hydrogen-bond donors (Lipinski definition) is 1. The maximum Gasteiger partial charge on any atom is 0.262 e. The first-order chi connectivity index (χ1) is 11.3. The first-order valence-corrected chi connectivity index (χ1v) is 9.64. The van der Waals surface area contributed by atoms with Gasteiger partial charge in [-0.05, 0) is 89.4 Å². The maximum atomic E-state index is 12.2. The van der Waals surface area contributed by atoms with Crippen molar-refractivity contribution in [2.45, 2.75) is 33.6 Å². The van der Waals surface area contributed by atoms with Crippen molar-refractivity contribution in [2.24, 2.45) is 0 Å². The second-order valence-electron chi connectivity index (χ2n) is 6.09. The lowest BCUT2D eigenvalue weighted by Gasteiger charge is -2.16. The monoisotopic (exact) mass is 501 g/mol. The molecule has 1 amide bonds. The Morgan fingerprint density at radius 3 is 2.54 bits per heavy atom. The van der Waals surface area contributed by atoms with Crippen molar-refractivity contribution in [3.8, 4) is 5.75 Å². The van der Waals surface area contributed by atoms with Crippen LogP contribution in [0.3, 0.4) is 0 Å². The number of halogens is 2. The Bertz CT molecular complexity index is 759. The Kier molecular flexibility index (Phi) is 6.69. The van der Waals surface area contributed by atoms with Crippen molar-refractivity contribution in [1.29, 1.82) is 0 Å². The van der Waals surface area contributed by atoms with Crippen LogP contribution in [0.1, 0.15) is 36.5 Å². The number of nitrogens with one attached hydrogen (secondary N) is 1. The van der Waals surface area contributed by atoms with Crippen LogP contribution in [0.15, 0.2) is 34.8 Å². The van der Waals surface area contributed by atoms with Crippen molar-refractivity contribution in [1.82, 2.24) is 0 Å². The van der Waals surface area contributed by atoms with E-state index in [1.807, 2.05) is 38.1 Å². The van der Waals surface area contributed by atoms with Crippen LogP contribution < -0.4 is 10.1 Å². The highest BCUT2D eigenvalue weighted by Crippen LogP contribution is 2.32. The number of anilines is 1. The number of carbonyl (C=O) groups is 1. The molecule has 0 spiro atoms. The number of benzene rings is 2. The lowest BCUT2D eigenvalue weighted by atomic mass is 10.0. The molecule has 0 atom stereocenters. The van der Waals surface area contributed by atoms with Crippen LogP contribution in [0, 0.1) is 17.4 Å². The topological polar surface area (TPSA) is 38.3 Å². The molecule has 0 bridgehead atoms. The summed E-state index contributed by atoms with van der Waals surface area (Å²) >= 11 is 5.81. The molecule has 3 nitrogen and oxygen atoms in total. The highest BCUT2D eigenvalue weighted by Gasteiger charge is 2.13.